The third-order valence-corrected chi connectivity index (χ3v) is 0.656. The van der Waals surface area contributed by atoms with Crippen LogP contribution >= 0.6 is 0 Å². The van der Waals surface area contributed by atoms with Crippen molar-refractivity contribution in [3.63, 3.8) is 0 Å². The molecule has 4 heteroatoms. The molecule has 0 unspecified atom stereocenters. The highest BCUT2D eigenvalue weighted by Gasteiger charge is 1.86. The second-order valence-electron chi connectivity index (χ2n) is 1.43. The molecule has 0 heterocycles. The lowest BCUT2D eigenvalue weighted by Gasteiger charge is -2.00. The van der Waals surface area contributed by atoms with Crippen LogP contribution in [-0.4, -0.2) is 11.9 Å². The zero-order valence-electron chi connectivity index (χ0n) is 4.71. The highest BCUT2D eigenvalue weighted by molar-refractivity contribution is 5.92. The molecule has 0 spiro atoms. The van der Waals surface area contributed by atoms with Crippen LogP contribution in [0.1, 0.15) is 6.92 Å². The summed E-state index contributed by atoms with van der Waals surface area (Å²) in [7, 11) is 0. The van der Waals surface area contributed by atoms with E-state index in [9.17, 15) is 19.8 Å². The number of carboxylic acid groups (broad SMARTS) is 2. The van der Waals surface area contributed by atoms with Crippen molar-refractivity contribution in [3.8, 4) is 0 Å². The predicted octanol–water partition coefficient (Wildman–Crippen LogP) is -2.57. The Labute approximate surface area is 51.4 Å². The smallest absolute Gasteiger partial charge is 0.0672 e. The van der Waals surface area contributed by atoms with Crippen molar-refractivity contribution >= 4 is 11.9 Å². The van der Waals surface area contributed by atoms with Gasteiger partial charge in [0.15, 0.2) is 0 Å². The summed E-state index contributed by atoms with van der Waals surface area (Å²) in [4.78, 5) is 19.4. The predicted molar refractivity (Wildman–Crippen MR) is 23.8 cm³/mol. The second kappa shape index (κ2) is 2.86. The zero-order chi connectivity index (χ0) is 7.44. The van der Waals surface area contributed by atoms with Crippen LogP contribution < -0.4 is 10.2 Å². The van der Waals surface area contributed by atoms with Crippen LogP contribution in [0.3, 0.4) is 0 Å². The molecule has 0 aromatic carbocycles. The van der Waals surface area contributed by atoms with Crippen LogP contribution in [0.15, 0.2) is 11.6 Å². The SMILES string of the molecule is CC(=CC(=O)[O-])C(=O)[O-]. The van der Waals surface area contributed by atoms with Gasteiger partial charge in [-0.15, -0.1) is 0 Å². The van der Waals surface area contributed by atoms with Crippen LogP contribution in [0.25, 0.3) is 0 Å². The van der Waals surface area contributed by atoms with Gasteiger partial charge in [0.05, 0.1) is 11.9 Å². The van der Waals surface area contributed by atoms with Crippen LogP contribution in [0, 0.1) is 0 Å². The molecule has 0 bridgehead atoms. The van der Waals surface area contributed by atoms with Crippen molar-refractivity contribution in [1.29, 1.82) is 0 Å². The summed E-state index contributed by atoms with van der Waals surface area (Å²) < 4.78 is 0. The Bertz CT molecular complexity index is 168. The van der Waals surface area contributed by atoms with Crippen molar-refractivity contribution in [2.24, 2.45) is 0 Å². The van der Waals surface area contributed by atoms with Crippen LogP contribution in [0.4, 0.5) is 0 Å². The molecule has 0 aromatic rings. The molecular weight excluding hydrogens is 124 g/mol. The van der Waals surface area contributed by atoms with E-state index < -0.39 is 11.9 Å². The van der Waals surface area contributed by atoms with Gasteiger partial charge in [0, 0.05) is 0 Å². The van der Waals surface area contributed by atoms with Crippen molar-refractivity contribution in [3.05, 3.63) is 11.6 Å². The van der Waals surface area contributed by atoms with E-state index in [1.54, 1.807) is 0 Å². The van der Waals surface area contributed by atoms with Crippen LogP contribution in [0.2, 0.25) is 0 Å². The zero-order valence-corrected chi connectivity index (χ0v) is 4.71. The molecule has 0 saturated carbocycles. The molecule has 9 heavy (non-hydrogen) atoms. The molecular formula is C5H4O4-2. The summed E-state index contributed by atoms with van der Waals surface area (Å²) in [6.45, 7) is 1.12. The first kappa shape index (κ1) is 7.68. The Morgan fingerprint density at radius 1 is 1.33 bits per heavy atom. The molecule has 4 nitrogen and oxygen atoms in total. The first-order chi connectivity index (χ1) is 4.04. The van der Waals surface area contributed by atoms with Gasteiger partial charge in [-0.2, -0.15) is 0 Å². The van der Waals surface area contributed by atoms with Gasteiger partial charge in [0.25, 0.3) is 0 Å². The number of rotatable bonds is 2. The van der Waals surface area contributed by atoms with Gasteiger partial charge in [-0.05, 0) is 18.6 Å². The molecule has 0 aliphatic heterocycles. The summed E-state index contributed by atoms with van der Waals surface area (Å²) in [6, 6.07) is 0. The Morgan fingerprint density at radius 3 is 1.89 bits per heavy atom. The molecule has 0 N–H and O–H groups in total. The van der Waals surface area contributed by atoms with Crippen LogP contribution in [-0.2, 0) is 9.59 Å². The van der Waals surface area contributed by atoms with Gasteiger partial charge >= 0.3 is 0 Å². The molecule has 0 rings (SSSR count). The third-order valence-electron chi connectivity index (χ3n) is 0.656. The molecule has 0 aliphatic carbocycles. The van der Waals surface area contributed by atoms with Gasteiger partial charge in [-0.3, -0.25) is 0 Å². The van der Waals surface area contributed by atoms with E-state index in [4.69, 9.17) is 0 Å². The maximum absolute atomic E-state index is 9.76. The van der Waals surface area contributed by atoms with E-state index in [1.165, 1.54) is 0 Å². The average molecular weight is 128 g/mol. The number of carbonyl (C=O) groups excluding carboxylic acids is 2. The normalized spacial score (nSPS) is 11.0. The summed E-state index contributed by atoms with van der Waals surface area (Å²) in [5.41, 5.74) is -0.352. The molecule has 0 radical (unpaired) electrons. The topological polar surface area (TPSA) is 80.3 Å². The van der Waals surface area contributed by atoms with Crippen molar-refractivity contribution < 1.29 is 19.8 Å². The Balaban J connectivity index is 4.17. The van der Waals surface area contributed by atoms with Crippen molar-refractivity contribution in [2.75, 3.05) is 0 Å². The first-order valence-corrected chi connectivity index (χ1v) is 2.14. The number of carbonyl (C=O) groups is 2. The Kier molecular flexibility index (Phi) is 2.44. The monoisotopic (exact) mass is 128 g/mol. The third kappa shape index (κ3) is 3.28. The molecule has 0 fully saturated rings. The fourth-order valence-electron chi connectivity index (χ4n) is 0.236. The van der Waals surface area contributed by atoms with E-state index in [2.05, 4.69) is 0 Å². The first-order valence-electron chi connectivity index (χ1n) is 2.14. The number of aliphatic carboxylic acids is 2. The highest BCUT2D eigenvalue weighted by atomic mass is 16.4. The average Bonchev–Trinajstić information content (AvgIpc) is 1.63. The van der Waals surface area contributed by atoms with E-state index in [0.29, 0.717) is 6.08 Å². The molecule has 0 amide bonds. The van der Waals surface area contributed by atoms with E-state index in [1.807, 2.05) is 0 Å². The maximum atomic E-state index is 9.76. The molecule has 0 aromatic heterocycles. The van der Waals surface area contributed by atoms with Gasteiger partial charge < -0.3 is 19.8 Å². The van der Waals surface area contributed by atoms with E-state index in [-0.39, 0.29) is 5.57 Å². The Hall–Kier alpha value is -1.32. The van der Waals surface area contributed by atoms with Crippen molar-refractivity contribution in [1.82, 2.24) is 0 Å². The van der Waals surface area contributed by atoms with Gasteiger partial charge in [-0.25, -0.2) is 0 Å². The number of hydrogen-bond donors (Lipinski definition) is 0. The standard InChI is InChI=1S/C5H6O4/c1-3(5(8)9)2-4(6)7/h2H,1H3,(H,6,7)(H,8,9)/p-2. The largest absolute Gasteiger partial charge is 0.545 e. The summed E-state index contributed by atoms with van der Waals surface area (Å²) >= 11 is 0. The highest BCUT2D eigenvalue weighted by Crippen LogP contribution is 1.86. The summed E-state index contributed by atoms with van der Waals surface area (Å²) in [5.74, 6) is -3.03. The number of carboxylic acids is 2. The molecule has 50 valence electrons. The quantitative estimate of drug-likeness (QED) is 0.383. The van der Waals surface area contributed by atoms with Crippen molar-refractivity contribution in [2.45, 2.75) is 6.92 Å². The van der Waals surface area contributed by atoms with Crippen LogP contribution in [0.5, 0.6) is 0 Å². The van der Waals surface area contributed by atoms with E-state index >= 15 is 0 Å². The molecule has 0 aliphatic rings. The second-order valence-corrected chi connectivity index (χ2v) is 1.43. The summed E-state index contributed by atoms with van der Waals surface area (Å²) in [5, 5.41) is 19.4. The lowest BCUT2D eigenvalue weighted by molar-refractivity contribution is -0.302. The molecule has 0 atom stereocenters. The lowest BCUT2D eigenvalue weighted by Crippen LogP contribution is -2.26. The summed E-state index contributed by atoms with van der Waals surface area (Å²) in [6.07, 6.45) is 0.468. The molecule has 0 saturated heterocycles. The minimum absolute atomic E-state index is 0.352. The van der Waals surface area contributed by atoms with Gasteiger partial charge in [-0.1, -0.05) is 0 Å². The Morgan fingerprint density at radius 2 is 1.78 bits per heavy atom. The minimum Gasteiger partial charge on any atom is -0.545 e. The lowest BCUT2D eigenvalue weighted by atomic mass is 10.3. The fraction of sp³-hybridized carbons (Fsp3) is 0.200. The fourth-order valence-corrected chi connectivity index (χ4v) is 0.236. The minimum atomic E-state index is -1.53. The maximum Gasteiger partial charge on any atom is 0.0672 e. The van der Waals surface area contributed by atoms with E-state index in [0.717, 1.165) is 6.92 Å². The van der Waals surface area contributed by atoms with Gasteiger partial charge in [0.2, 0.25) is 0 Å². The number of hydrogen-bond acceptors (Lipinski definition) is 4. The van der Waals surface area contributed by atoms with Gasteiger partial charge in [0.1, 0.15) is 0 Å².